The molecule has 94 valence electrons. The molecular weight excluding hydrogens is 226 g/mol. The number of thioether (sulfide) groups is 1. The molecule has 1 nitrogen and oxygen atoms in total. The van der Waals surface area contributed by atoms with Gasteiger partial charge in [0.05, 0.1) is 5.88 Å². The summed E-state index contributed by atoms with van der Waals surface area (Å²) in [5.74, 6) is 1.01. The first-order chi connectivity index (χ1) is 7.71. The second-order valence-electron chi connectivity index (χ2n) is 6.83. The molecule has 1 aliphatic heterocycles. The SMILES string of the molecule is CC(C)(C)c1ccc2c(c1C(C)(C)C)SCN2. The van der Waals surface area contributed by atoms with E-state index >= 15 is 0 Å². The molecule has 0 spiro atoms. The van der Waals surface area contributed by atoms with Crippen molar-refractivity contribution in [2.45, 2.75) is 57.3 Å². The fourth-order valence-electron chi connectivity index (χ4n) is 2.43. The van der Waals surface area contributed by atoms with E-state index in [0.717, 1.165) is 5.88 Å². The van der Waals surface area contributed by atoms with Gasteiger partial charge in [-0.05, 0) is 28.0 Å². The van der Waals surface area contributed by atoms with Crippen LogP contribution in [-0.2, 0) is 10.8 Å². The van der Waals surface area contributed by atoms with Crippen LogP contribution in [0.5, 0.6) is 0 Å². The summed E-state index contributed by atoms with van der Waals surface area (Å²) in [6.07, 6.45) is 0. The summed E-state index contributed by atoms with van der Waals surface area (Å²) in [6, 6.07) is 4.55. The van der Waals surface area contributed by atoms with E-state index in [1.54, 1.807) is 0 Å². The molecule has 0 fully saturated rings. The molecule has 17 heavy (non-hydrogen) atoms. The number of hydrogen-bond acceptors (Lipinski definition) is 2. The smallest absolute Gasteiger partial charge is 0.0658 e. The lowest BCUT2D eigenvalue weighted by molar-refractivity contribution is 0.522. The van der Waals surface area contributed by atoms with E-state index < -0.39 is 0 Å². The third kappa shape index (κ3) is 2.33. The Morgan fingerprint density at radius 1 is 1.00 bits per heavy atom. The van der Waals surface area contributed by atoms with Crippen LogP contribution < -0.4 is 5.32 Å². The van der Waals surface area contributed by atoms with Crippen molar-refractivity contribution in [3.63, 3.8) is 0 Å². The fraction of sp³-hybridized carbons (Fsp3) is 0.600. The van der Waals surface area contributed by atoms with Crippen molar-refractivity contribution in [1.82, 2.24) is 0 Å². The van der Waals surface area contributed by atoms with Gasteiger partial charge in [-0.1, -0.05) is 47.6 Å². The summed E-state index contributed by atoms with van der Waals surface area (Å²) >= 11 is 1.94. The Balaban J connectivity index is 2.70. The number of nitrogens with one attached hydrogen (secondary N) is 1. The van der Waals surface area contributed by atoms with Gasteiger partial charge in [0.2, 0.25) is 0 Å². The average Bonchev–Trinajstić information content (AvgIpc) is 2.59. The zero-order chi connectivity index (χ0) is 12.8. The molecule has 0 saturated heterocycles. The third-order valence-corrected chi connectivity index (χ3v) is 4.20. The van der Waals surface area contributed by atoms with Crippen molar-refractivity contribution in [1.29, 1.82) is 0 Å². The van der Waals surface area contributed by atoms with Crippen molar-refractivity contribution in [2.24, 2.45) is 0 Å². The first kappa shape index (κ1) is 12.8. The quantitative estimate of drug-likeness (QED) is 0.711. The minimum absolute atomic E-state index is 0.201. The number of benzene rings is 1. The Morgan fingerprint density at radius 3 is 2.18 bits per heavy atom. The first-order valence-corrected chi connectivity index (χ1v) is 7.24. The third-order valence-electron chi connectivity index (χ3n) is 3.19. The summed E-state index contributed by atoms with van der Waals surface area (Å²) in [7, 11) is 0. The maximum atomic E-state index is 3.45. The standard InChI is InChI=1S/C15H23NS/c1-14(2,3)10-7-8-11-13(17-9-16-11)12(10)15(4,5)6/h7-8,16H,9H2,1-6H3. The average molecular weight is 249 g/mol. The highest BCUT2D eigenvalue weighted by molar-refractivity contribution is 8.00. The Hall–Kier alpha value is -0.630. The molecule has 0 radical (unpaired) electrons. The molecule has 1 aromatic rings. The van der Waals surface area contributed by atoms with Gasteiger partial charge in [0.15, 0.2) is 0 Å². The van der Waals surface area contributed by atoms with Gasteiger partial charge in [-0.15, -0.1) is 11.8 Å². The van der Waals surface area contributed by atoms with E-state index in [-0.39, 0.29) is 10.8 Å². The number of hydrogen-bond donors (Lipinski definition) is 1. The maximum absolute atomic E-state index is 3.45. The minimum Gasteiger partial charge on any atom is -0.375 e. The van der Waals surface area contributed by atoms with Crippen molar-refractivity contribution in [2.75, 3.05) is 11.2 Å². The van der Waals surface area contributed by atoms with Gasteiger partial charge >= 0.3 is 0 Å². The largest absolute Gasteiger partial charge is 0.375 e. The Kier molecular flexibility index (Phi) is 2.97. The van der Waals surface area contributed by atoms with Crippen molar-refractivity contribution in [3.8, 4) is 0 Å². The van der Waals surface area contributed by atoms with Gasteiger partial charge < -0.3 is 5.32 Å². The predicted octanol–water partition coefficient (Wildman–Crippen LogP) is 4.76. The van der Waals surface area contributed by atoms with Crippen LogP contribution in [0.2, 0.25) is 0 Å². The van der Waals surface area contributed by atoms with Crippen LogP contribution in [0.4, 0.5) is 5.69 Å². The molecular formula is C15H23NS. The van der Waals surface area contributed by atoms with Crippen LogP contribution in [0.3, 0.4) is 0 Å². The monoisotopic (exact) mass is 249 g/mol. The molecule has 0 bridgehead atoms. The lowest BCUT2D eigenvalue weighted by Crippen LogP contribution is -2.22. The Labute approximate surface area is 109 Å². The fourth-order valence-corrected chi connectivity index (χ4v) is 3.66. The van der Waals surface area contributed by atoms with Crippen LogP contribution in [0.25, 0.3) is 0 Å². The first-order valence-electron chi connectivity index (χ1n) is 6.26. The molecule has 1 heterocycles. The summed E-state index contributed by atoms with van der Waals surface area (Å²) in [5, 5.41) is 3.45. The van der Waals surface area contributed by atoms with E-state index in [0.29, 0.717) is 0 Å². The molecule has 0 amide bonds. The van der Waals surface area contributed by atoms with E-state index in [1.165, 1.54) is 21.7 Å². The zero-order valence-corrected chi connectivity index (χ0v) is 12.6. The molecule has 0 aromatic heterocycles. The Morgan fingerprint density at radius 2 is 1.65 bits per heavy atom. The lowest BCUT2D eigenvalue weighted by atomic mass is 9.75. The highest BCUT2D eigenvalue weighted by Gasteiger charge is 2.30. The topological polar surface area (TPSA) is 12.0 Å². The maximum Gasteiger partial charge on any atom is 0.0658 e. The minimum atomic E-state index is 0.201. The molecule has 1 N–H and O–H groups in total. The Bertz CT molecular complexity index is 435. The van der Waals surface area contributed by atoms with Crippen LogP contribution in [0.1, 0.15) is 52.7 Å². The second-order valence-corrected chi connectivity index (χ2v) is 7.82. The molecule has 2 rings (SSSR count). The molecule has 0 aliphatic carbocycles. The van der Waals surface area contributed by atoms with Gasteiger partial charge in [0, 0.05) is 10.6 Å². The van der Waals surface area contributed by atoms with Crippen LogP contribution >= 0.6 is 11.8 Å². The molecule has 1 aliphatic rings. The summed E-state index contributed by atoms with van der Waals surface area (Å²) in [6.45, 7) is 13.9. The highest BCUT2D eigenvalue weighted by atomic mass is 32.2. The van der Waals surface area contributed by atoms with Crippen molar-refractivity contribution < 1.29 is 0 Å². The van der Waals surface area contributed by atoms with E-state index in [4.69, 9.17) is 0 Å². The van der Waals surface area contributed by atoms with Gasteiger partial charge in [0.25, 0.3) is 0 Å². The predicted molar refractivity (Wildman–Crippen MR) is 78.2 cm³/mol. The van der Waals surface area contributed by atoms with Gasteiger partial charge in [-0.25, -0.2) is 0 Å². The van der Waals surface area contributed by atoms with Crippen LogP contribution in [0, 0.1) is 0 Å². The van der Waals surface area contributed by atoms with Crippen molar-refractivity contribution >= 4 is 17.4 Å². The van der Waals surface area contributed by atoms with Crippen LogP contribution in [-0.4, -0.2) is 5.88 Å². The second kappa shape index (κ2) is 3.94. The van der Waals surface area contributed by atoms with Gasteiger partial charge in [0.1, 0.15) is 0 Å². The molecule has 1 aromatic carbocycles. The van der Waals surface area contributed by atoms with Gasteiger partial charge in [-0.2, -0.15) is 0 Å². The summed E-state index contributed by atoms with van der Waals surface area (Å²) in [4.78, 5) is 1.46. The molecule has 0 atom stereocenters. The van der Waals surface area contributed by atoms with E-state index in [9.17, 15) is 0 Å². The highest BCUT2D eigenvalue weighted by Crippen LogP contribution is 2.46. The van der Waals surface area contributed by atoms with Crippen LogP contribution in [0.15, 0.2) is 17.0 Å². The lowest BCUT2D eigenvalue weighted by Gasteiger charge is -2.31. The molecule has 0 unspecified atom stereocenters. The zero-order valence-electron chi connectivity index (χ0n) is 11.8. The van der Waals surface area contributed by atoms with E-state index in [1.807, 2.05) is 11.8 Å². The van der Waals surface area contributed by atoms with E-state index in [2.05, 4.69) is 59.0 Å². The van der Waals surface area contributed by atoms with Crippen molar-refractivity contribution in [3.05, 3.63) is 23.3 Å². The number of rotatable bonds is 0. The molecule has 2 heteroatoms. The molecule has 0 saturated carbocycles. The number of fused-ring (bicyclic) bond motifs is 1. The summed E-state index contributed by atoms with van der Waals surface area (Å²) in [5.41, 5.74) is 4.73. The van der Waals surface area contributed by atoms with Gasteiger partial charge in [-0.3, -0.25) is 0 Å². The number of anilines is 1. The normalized spacial score (nSPS) is 15.6. The summed E-state index contributed by atoms with van der Waals surface area (Å²) < 4.78 is 0.